The maximum atomic E-state index is 15.8. The lowest BCUT2D eigenvalue weighted by molar-refractivity contribution is 0.0734. The standard InChI is InChI=1S/C34H25FN6O2S.ClH/c35-27-19-24(43-34(42)22-5-2-1-3-6-22)12-13-25(27)31-26(20-36)29(21-8-10-23(11-9-21)41-16-14-37-15-17-41)30-32(28-7-4-18-44-28)39-40-33(30)38-31;/h1-13,18-19,37H,14-17H2,(H,38,39,40);1H. The molecule has 0 unspecified atom stereocenters. The van der Waals surface area contributed by atoms with E-state index >= 15 is 4.39 Å². The molecule has 0 aliphatic carbocycles. The van der Waals surface area contributed by atoms with Gasteiger partial charge in [0.25, 0.3) is 0 Å². The first kappa shape index (κ1) is 30.0. The fourth-order valence-corrected chi connectivity index (χ4v) is 6.22. The summed E-state index contributed by atoms with van der Waals surface area (Å²) >= 11 is 1.53. The summed E-state index contributed by atoms with van der Waals surface area (Å²) in [6, 6.07) is 26.9. The summed E-state index contributed by atoms with van der Waals surface area (Å²) in [5.74, 6) is -1.23. The Morgan fingerprint density at radius 3 is 2.44 bits per heavy atom. The van der Waals surface area contributed by atoms with Crippen LogP contribution in [0.15, 0.2) is 90.3 Å². The van der Waals surface area contributed by atoms with Crippen LogP contribution in [0.3, 0.4) is 0 Å². The Morgan fingerprint density at radius 1 is 0.978 bits per heavy atom. The number of aromatic nitrogens is 3. The van der Waals surface area contributed by atoms with Gasteiger partial charge in [0.05, 0.1) is 27.1 Å². The van der Waals surface area contributed by atoms with Crippen molar-refractivity contribution in [2.75, 3.05) is 31.1 Å². The molecule has 45 heavy (non-hydrogen) atoms. The van der Waals surface area contributed by atoms with Crippen LogP contribution in [-0.2, 0) is 0 Å². The number of esters is 1. The minimum atomic E-state index is -0.676. The van der Waals surface area contributed by atoms with Gasteiger partial charge in [-0.1, -0.05) is 36.4 Å². The number of pyridine rings is 1. The molecule has 1 saturated heterocycles. The van der Waals surface area contributed by atoms with Gasteiger partial charge in [0, 0.05) is 49.1 Å². The molecule has 4 heterocycles. The van der Waals surface area contributed by atoms with E-state index in [4.69, 9.17) is 9.72 Å². The average Bonchev–Trinajstić information content (AvgIpc) is 3.75. The molecule has 7 rings (SSSR count). The van der Waals surface area contributed by atoms with Crippen LogP contribution in [0.25, 0.3) is 44.0 Å². The van der Waals surface area contributed by atoms with Crippen molar-refractivity contribution in [3.63, 3.8) is 0 Å². The number of benzene rings is 3. The molecule has 1 fully saturated rings. The van der Waals surface area contributed by atoms with Crippen molar-refractivity contribution in [3.05, 3.63) is 107 Å². The smallest absolute Gasteiger partial charge is 0.343 e. The Bertz CT molecular complexity index is 2020. The van der Waals surface area contributed by atoms with E-state index in [0.29, 0.717) is 27.9 Å². The summed E-state index contributed by atoms with van der Waals surface area (Å²) < 4.78 is 21.2. The van der Waals surface area contributed by atoms with E-state index in [0.717, 1.165) is 48.4 Å². The van der Waals surface area contributed by atoms with Crippen molar-refractivity contribution >= 4 is 46.4 Å². The largest absolute Gasteiger partial charge is 0.423 e. The fourth-order valence-electron chi connectivity index (χ4n) is 5.50. The first-order chi connectivity index (χ1) is 21.6. The molecule has 8 nitrogen and oxygen atoms in total. The zero-order valence-electron chi connectivity index (χ0n) is 23.8. The van der Waals surface area contributed by atoms with Gasteiger partial charge in [-0.05, 0) is 53.4 Å². The summed E-state index contributed by atoms with van der Waals surface area (Å²) in [7, 11) is 0. The molecule has 0 radical (unpaired) electrons. The molecule has 1 aliphatic rings. The predicted octanol–water partition coefficient (Wildman–Crippen LogP) is 7.08. The second-order valence-corrected chi connectivity index (χ2v) is 11.2. The molecule has 2 N–H and O–H groups in total. The van der Waals surface area contributed by atoms with E-state index in [1.807, 2.05) is 29.6 Å². The second kappa shape index (κ2) is 12.9. The number of rotatable bonds is 6. The summed E-state index contributed by atoms with van der Waals surface area (Å²) in [6.45, 7) is 3.66. The first-order valence-electron chi connectivity index (χ1n) is 14.1. The minimum absolute atomic E-state index is 0. The van der Waals surface area contributed by atoms with Crippen LogP contribution in [-0.4, -0.2) is 47.3 Å². The van der Waals surface area contributed by atoms with Gasteiger partial charge in [-0.2, -0.15) is 10.4 Å². The zero-order chi connectivity index (χ0) is 30.0. The van der Waals surface area contributed by atoms with E-state index in [1.165, 1.54) is 23.5 Å². The Labute approximate surface area is 268 Å². The van der Waals surface area contributed by atoms with E-state index in [1.54, 1.807) is 30.3 Å². The van der Waals surface area contributed by atoms with Crippen LogP contribution in [0, 0.1) is 17.1 Å². The van der Waals surface area contributed by atoms with Gasteiger partial charge in [-0.3, -0.25) is 5.10 Å². The number of halogens is 2. The molecular formula is C34H26ClFN6O2S. The number of nitriles is 1. The van der Waals surface area contributed by atoms with Crippen molar-refractivity contribution in [3.8, 4) is 44.8 Å². The number of carbonyl (C=O) groups excluding carboxylic acids is 1. The lowest BCUT2D eigenvalue weighted by atomic mass is 9.92. The van der Waals surface area contributed by atoms with Crippen LogP contribution in [0.5, 0.6) is 5.75 Å². The number of carbonyl (C=O) groups is 1. The van der Waals surface area contributed by atoms with Crippen molar-refractivity contribution in [1.82, 2.24) is 20.5 Å². The van der Waals surface area contributed by atoms with Gasteiger partial charge < -0.3 is 15.0 Å². The Hall–Kier alpha value is -5.08. The van der Waals surface area contributed by atoms with Gasteiger partial charge >= 0.3 is 5.97 Å². The number of hydrogen-bond donors (Lipinski definition) is 2. The quantitative estimate of drug-likeness (QED) is 0.149. The first-order valence-corrected chi connectivity index (χ1v) is 15.0. The van der Waals surface area contributed by atoms with Crippen LogP contribution in [0.4, 0.5) is 10.1 Å². The number of thiophene rings is 1. The highest BCUT2D eigenvalue weighted by Crippen LogP contribution is 2.42. The third kappa shape index (κ3) is 5.77. The molecule has 0 saturated carbocycles. The van der Waals surface area contributed by atoms with Gasteiger partial charge in [-0.15, -0.1) is 23.7 Å². The molecule has 11 heteroatoms. The highest BCUT2D eigenvalue weighted by atomic mass is 35.5. The van der Waals surface area contributed by atoms with Crippen LogP contribution >= 0.6 is 23.7 Å². The molecule has 1 aliphatic heterocycles. The summed E-state index contributed by atoms with van der Waals surface area (Å²) in [5.41, 5.74) is 4.46. The van der Waals surface area contributed by atoms with E-state index < -0.39 is 11.8 Å². The topological polar surface area (TPSA) is 107 Å². The highest BCUT2D eigenvalue weighted by molar-refractivity contribution is 7.13. The van der Waals surface area contributed by atoms with Crippen molar-refractivity contribution in [2.24, 2.45) is 0 Å². The van der Waals surface area contributed by atoms with Crippen LogP contribution < -0.4 is 15.0 Å². The van der Waals surface area contributed by atoms with Crippen molar-refractivity contribution in [1.29, 1.82) is 5.26 Å². The molecule has 0 atom stereocenters. The van der Waals surface area contributed by atoms with Crippen molar-refractivity contribution < 1.29 is 13.9 Å². The summed E-state index contributed by atoms with van der Waals surface area (Å²) in [4.78, 5) is 20.5. The van der Waals surface area contributed by atoms with Crippen LogP contribution in [0.2, 0.25) is 0 Å². The third-order valence-electron chi connectivity index (χ3n) is 7.63. The highest BCUT2D eigenvalue weighted by Gasteiger charge is 2.25. The minimum Gasteiger partial charge on any atom is -0.423 e. The Kier molecular flexibility index (Phi) is 8.58. The number of fused-ring (bicyclic) bond motifs is 1. The van der Waals surface area contributed by atoms with Crippen molar-refractivity contribution in [2.45, 2.75) is 0 Å². The maximum Gasteiger partial charge on any atom is 0.343 e. The molecule has 6 aromatic rings. The number of nitrogens with zero attached hydrogens (tertiary/aromatic N) is 4. The lowest BCUT2D eigenvalue weighted by Gasteiger charge is -2.29. The average molecular weight is 637 g/mol. The molecule has 0 spiro atoms. The molecule has 224 valence electrons. The molecule has 3 aromatic carbocycles. The van der Waals surface area contributed by atoms with E-state index in [9.17, 15) is 10.1 Å². The maximum absolute atomic E-state index is 15.8. The number of aromatic amines is 1. The third-order valence-corrected chi connectivity index (χ3v) is 8.50. The summed E-state index contributed by atoms with van der Waals surface area (Å²) in [5, 5.41) is 24.2. The molecule has 0 amide bonds. The number of nitrogens with one attached hydrogen (secondary N) is 2. The summed E-state index contributed by atoms with van der Waals surface area (Å²) in [6.07, 6.45) is 0. The Morgan fingerprint density at radius 2 is 1.76 bits per heavy atom. The number of piperazine rings is 1. The van der Waals surface area contributed by atoms with E-state index in [2.05, 4.69) is 38.6 Å². The lowest BCUT2D eigenvalue weighted by Crippen LogP contribution is -2.43. The normalized spacial score (nSPS) is 12.8. The monoisotopic (exact) mass is 636 g/mol. The molecule has 3 aromatic heterocycles. The van der Waals surface area contributed by atoms with Gasteiger partial charge in [0.1, 0.15) is 23.3 Å². The van der Waals surface area contributed by atoms with Gasteiger partial charge in [0.2, 0.25) is 0 Å². The number of anilines is 1. The molecule has 0 bridgehead atoms. The van der Waals surface area contributed by atoms with Gasteiger partial charge in [-0.25, -0.2) is 14.2 Å². The number of ether oxygens (including phenoxy) is 1. The fraction of sp³-hybridized carbons (Fsp3) is 0.118. The number of H-pyrrole nitrogens is 1. The SMILES string of the molecule is Cl.N#Cc1c(-c2ccc(OC(=O)c3ccccc3)cc2F)nc2[nH]nc(-c3cccs3)c2c1-c1ccc(N2CCNCC2)cc1. The second-order valence-electron chi connectivity index (χ2n) is 10.3. The van der Waals surface area contributed by atoms with E-state index in [-0.39, 0.29) is 35.0 Å². The predicted molar refractivity (Wildman–Crippen MR) is 176 cm³/mol. The zero-order valence-corrected chi connectivity index (χ0v) is 25.4. The van der Waals surface area contributed by atoms with Crippen LogP contribution in [0.1, 0.15) is 15.9 Å². The number of hydrogen-bond acceptors (Lipinski definition) is 8. The Balaban J connectivity index is 0.00000357. The molecular weight excluding hydrogens is 611 g/mol. The van der Waals surface area contributed by atoms with Gasteiger partial charge in [0.15, 0.2) is 5.65 Å².